The Balaban J connectivity index is 3.20. The summed E-state index contributed by atoms with van der Waals surface area (Å²) >= 11 is 0. The first-order chi connectivity index (χ1) is 10.5. The molecular weight excluding hydrogens is 304 g/mol. The molecule has 0 aliphatic carbocycles. The van der Waals surface area contributed by atoms with Crippen LogP contribution in [0.2, 0.25) is 0 Å². The van der Waals surface area contributed by atoms with Crippen molar-refractivity contribution >= 4 is 18.5 Å². The van der Waals surface area contributed by atoms with Gasteiger partial charge in [0, 0.05) is 10.3 Å². The highest BCUT2D eigenvalue weighted by molar-refractivity contribution is 7.18. The van der Waals surface area contributed by atoms with E-state index >= 15 is 0 Å². The molecule has 0 spiro atoms. The minimum Gasteiger partial charge on any atom is -0.256 e. The normalized spacial score (nSPS) is 12.6. The standard InChI is InChI=1S/C19H35NP2/c1-5-12-18(21,13-6-2)16-10-9-11-17(20-16)19(22,14-7-3)15-8-4/h9-11H,5-8,12-15,21-22H2,1-4H3. The van der Waals surface area contributed by atoms with Crippen molar-refractivity contribution < 1.29 is 0 Å². The van der Waals surface area contributed by atoms with Gasteiger partial charge in [0.05, 0.1) is 11.4 Å². The first kappa shape index (κ1) is 20.1. The van der Waals surface area contributed by atoms with Crippen LogP contribution in [0.3, 0.4) is 0 Å². The van der Waals surface area contributed by atoms with E-state index in [-0.39, 0.29) is 10.3 Å². The molecule has 3 heteroatoms. The van der Waals surface area contributed by atoms with Gasteiger partial charge in [-0.05, 0) is 37.8 Å². The molecule has 126 valence electrons. The van der Waals surface area contributed by atoms with E-state index in [0.717, 1.165) is 0 Å². The lowest BCUT2D eigenvalue weighted by molar-refractivity contribution is 0.473. The van der Waals surface area contributed by atoms with Gasteiger partial charge in [-0.15, -0.1) is 18.5 Å². The van der Waals surface area contributed by atoms with Crippen LogP contribution in [0.4, 0.5) is 0 Å². The summed E-state index contributed by atoms with van der Waals surface area (Å²) in [5, 5.41) is 0.285. The number of nitrogens with zero attached hydrogens (tertiary/aromatic N) is 1. The Morgan fingerprint density at radius 3 is 1.32 bits per heavy atom. The second kappa shape index (κ2) is 9.34. The maximum atomic E-state index is 5.15. The van der Waals surface area contributed by atoms with Gasteiger partial charge in [0.25, 0.3) is 0 Å². The van der Waals surface area contributed by atoms with Crippen molar-refractivity contribution in [1.29, 1.82) is 0 Å². The zero-order chi connectivity index (χ0) is 16.6. The van der Waals surface area contributed by atoms with E-state index in [1.54, 1.807) is 0 Å². The average Bonchev–Trinajstić information content (AvgIpc) is 2.48. The van der Waals surface area contributed by atoms with Gasteiger partial charge in [-0.3, -0.25) is 4.98 Å². The highest BCUT2D eigenvalue weighted by Crippen LogP contribution is 2.43. The minimum absolute atomic E-state index is 0.142. The molecule has 2 unspecified atom stereocenters. The molecule has 1 nitrogen and oxygen atoms in total. The molecule has 0 N–H and O–H groups in total. The SMILES string of the molecule is CCCC(P)(CCC)c1cccc(C(P)(CCC)CCC)n1. The maximum absolute atomic E-state index is 5.15. The lowest BCUT2D eigenvalue weighted by Gasteiger charge is -2.32. The molecule has 1 aromatic rings. The van der Waals surface area contributed by atoms with Crippen LogP contribution in [0.5, 0.6) is 0 Å². The van der Waals surface area contributed by atoms with Gasteiger partial charge in [-0.25, -0.2) is 0 Å². The summed E-state index contributed by atoms with van der Waals surface area (Å²) in [6.45, 7) is 9.08. The Bertz CT molecular complexity index is 396. The van der Waals surface area contributed by atoms with E-state index in [1.807, 2.05) is 0 Å². The van der Waals surface area contributed by atoms with Crippen LogP contribution in [-0.2, 0) is 10.3 Å². The smallest absolute Gasteiger partial charge is 0.0506 e. The lowest BCUT2D eigenvalue weighted by Crippen LogP contribution is -2.24. The van der Waals surface area contributed by atoms with E-state index in [0.29, 0.717) is 0 Å². The van der Waals surface area contributed by atoms with Crippen molar-refractivity contribution in [2.75, 3.05) is 0 Å². The molecule has 0 fully saturated rings. The van der Waals surface area contributed by atoms with Gasteiger partial charge in [0.2, 0.25) is 0 Å². The number of hydrogen-bond donors (Lipinski definition) is 0. The van der Waals surface area contributed by atoms with E-state index in [2.05, 4.69) is 64.4 Å². The van der Waals surface area contributed by atoms with Crippen LogP contribution >= 0.6 is 18.5 Å². The Morgan fingerprint density at radius 1 is 0.727 bits per heavy atom. The zero-order valence-corrected chi connectivity index (χ0v) is 17.3. The molecule has 0 aliphatic heterocycles. The third kappa shape index (κ3) is 5.01. The van der Waals surface area contributed by atoms with Crippen LogP contribution in [0.25, 0.3) is 0 Å². The number of hydrogen-bond acceptors (Lipinski definition) is 1. The van der Waals surface area contributed by atoms with Gasteiger partial charge in [-0.1, -0.05) is 59.4 Å². The van der Waals surface area contributed by atoms with E-state index in [1.165, 1.54) is 62.8 Å². The minimum atomic E-state index is 0.142. The fraction of sp³-hybridized carbons (Fsp3) is 0.737. The largest absolute Gasteiger partial charge is 0.256 e. The Hall–Kier alpha value is 0.01000. The molecule has 0 aliphatic rings. The van der Waals surface area contributed by atoms with Crippen LogP contribution < -0.4 is 0 Å². The van der Waals surface area contributed by atoms with E-state index in [4.69, 9.17) is 4.98 Å². The molecule has 0 amide bonds. The van der Waals surface area contributed by atoms with Gasteiger partial charge in [0.15, 0.2) is 0 Å². The number of aromatic nitrogens is 1. The third-order valence-corrected chi connectivity index (χ3v) is 6.30. The van der Waals surface area contributed by atoms with E-state index in [9.17, 15) is 0 Å². The molecule has 22 heavy (non-hydrogen) atoms. The predicted molar refractivity (Wildman–Crippen MR) is 107 cm³/mol. The average molecular weight is 339 g/mol. The summed E-state index contributed by atoms with van der Waals surface area (Å²) < 4.78 is 0. The van der Waals surface area contributed by atoms with Gasteiger partial charge in [-0.2, -0.15) is 0 Å². The molecule has 2 atom stereocenters. The Morgan fingerprint density at radius 2 is 1.05 bits per heavy atom. The predicted octanol–water partition coefficient (Wildman–Crippen LogP) is 6.42. The van der Waals surface area contributed by atoms with Crippen molar-refractivity contribution in [1.82, 2.24) is 4.98 Å². The highest BCUT2D eigenvalue weighted by atomic mass is 31.0. The van der Waals surface area contributed by atoms with E-state index < -0.39 is 0 Å². The van der Waals surface area contributed by atoms with Crippen LogP contribution in [0, 0.1) is 0 Å². The van der Waals surface area contributed by atoms with Gasteiger partial charge in [0.1, 0.15) is 0 Å². The summed E-state index contributed by atoms with van der Waals surface area (Å²) in [6.07, 6.45) is 9.55. The molecule has 1 aromatic heterocycles. The highest BCUT2D eigenvalue weighted by Gasteiger charge is 2.30. The second-order valence-electron chi connectivity index (χ2n) is 6.72. The molecule has 1 heterocycles. The molecule has 0 aromatic carbocycles. The Labute approximate surface area is 142 Å². The number of pyridine rings is 1. The first-order valence-electron chi connectivity index (χ1n) is 9.01. The summed E-state index contributed by atoms with van der Waals surface area (Å²) in [4.78, 5) is 5.15. The monoisotopic (exact) mass is 339 g/mol. The fourth-order valence-electron chi connectivity index (χ4n) is 3.54. The van der Waals surface area contributed by atoms with Gasteiger partial charge < -0.3 is 0 Å². The summed E-state index contributed by atoms with van der Waals surface area (Å²) in [5.41, 5.74) is 2.52. The molecule has 0 bridgehead atoms. The zero-order valence-electron chi connectivity index (χ0n) is 15.0. The molecular formula is C19H35NP2. The molecule has 0 saturated carbocycles. The molecule has 0 saturated heterocycles. The van der Waals surface area contributed by atoms with Crippen LogP contribution in [-0.4, -0.2) is 4.98 Å². The summed E-state index contributed by atoms with van der Waals surface area (Å²) in [7, 11) is 6.24. The summed E-state index contributed by atoms with van der Waals surface area (Å²) in [5.74, 6) is 0. The summed E-state index contributed by atoms with van der Waals surface area (Å²) in [6, 6.07) is 6.67. The lowest BCUT2D eigenvalue weighted by atomic mass is 9.90. The number of rotatable bonds is 10. The fourth-order valence-corrected chi connectivity index (χ4v) is 5.01. The van der Waals surface area contributed by atoms with Crippen molar-refractivity contribution in [2.45, 2.75) is 89.4 Å². The molecule has 0 radical (unpaired) electrons. The third-order valence-electron chi connectivity index (χ3n) is 4.55. The van der Waals surface area contributed by atoms with Crippen LogP contribution in [0.15, 0.2) is 18.2 Å². The topological polar surface area (TPSA) is 12.9 Å². The Kier molecular flexibility index (Phi) is 8.52. The maximum Gasteiger partial charge on any atom is 0.0506 e. The second-order valence-corrected chi connectivity index (χ2v) is 8.93. The van der Waals surface area contributed by atoms with Crippen molar-refractivity contribution in [3.63, 3.8) is 0 Å². The van der Waals surface area contributed by atoms with Crippen molar-refractivity contribution in [3.05, 3.63) is 29.6 Å². The molecule has 1 rings (SSSR count). The van der Waals surface area contributed by atoms with Gasteiger partial charge >= 0.3 is 0 Å². The van der Waals surface area contributed by atoms with Crippen molar-refractivity contribution in [2.24, 2.45) is 0 Å². The quantitative estimate of drug-likeness (QED) is 0.448. The van der Waals surface area contributed by atoms with Crippen molar-refractivity contribution in [3.8, 4) is 0 Å². The first-order valence-corrected chi connectivity index (χ1v) is 10.2. The van der Waals surface area contributed by atoms with Crippen LogP contribution in [0.1, 0.15) is 90.4 Å².